The van der Waals surface area contributed by atoms with Gasteiger partial charge in [0.15, 0.2) is 0 Å². The molecule has 0 spiro atoms. The van der Waals surface area contributed by atoms with Crippen molar-refractivity contribution in [3.8, 4) is 0 Å². The predicted octanol–water partition coefficient (Wildman–Crippen LogP) is 2.92. The lowest BCUT2D eigenvalue weighted by molar-refractivity contribution is -0.121. The summed E-state index contributed by atoms with van der Waals surface area (Å²) in [5.74, 6) is 2.09. The second-order valence-corrected chi connectivity index (χ2v) is 7.30. The third-order valence-electron chi connectivity index (χ3n) is 4.96. The lowest BCUT2D eigenvalue weighted by Gasteiger charge is -2.31. The zero-order valence-electron chi connectivity index (χ0n) is 14.1. The van der Waals surface area contributed by atoms with Gasteiger partial charge in [-0.3, -0.25) is 4.79 Å². The maximum absolute atomic E-state index is 12.4. The molecular weight excluding hydrogens is 302 g/mol. The van der Waals surface area contributed by atoms with Gasteiger partial charge >= 0.3 is 0 Å². The molecule has 3 heterocycles. The van der Waals surface area contributed by atoms with Crippen LogP contribution in [0.2, 0.25) is 0 Å². The summed E-state index contributed by atoms with van der Waals surface area (Å²) >= 11 is 0. The molecular formula is C18H23N5O. The lowest BCUT2D eigenvalue weighted by Crippen LogP contribution is -2.40. The highest BCUT2D eigenvalue weighted by Crippen LogP contribution is 2.28. The first kappa shape index (κ1) is 15.2. The number of hydrogen-bond acceptors (Lipinski definition) is 3. The van der Waals surface area contributed by atoms with Gasteiger partial charge in [0, 0.05) is 17.6 Å². The van der Waals surface area contributed by atoms with Gasteiger partial charge in [-0.05, 0) is 37.2 Å². The van der Waals surface area contributed by atoms with Gasteiger partial charge in [0.1, 0.15) is 17.0 Å². The van der Waals surface area contributed by atoms with Crippen molar-refractivity contribution in [2.75, 3.05) is 0 Å². The van der Waals surface area contributed by atoms with Crippen molar-refractivity contribution in [1.82, 2.24) is 25.3 Å². The average Bonchev–Trinajstić information content (AvgIpc) is 3.10. The van der Waals surface area contributed by atoms with E-state index in [4.69, 9.17) is 0 Å². The first-order chi connectivity index (χ1) is 11.6. The Morgan fingerprint density at radius 1 is 1.29 bits per heavy atom. The largest absolute Gasteiger partial charge is 0.353 e. The molecule has 1 saturated carbocycles. The number of nitrogens with one attached hydrogen (secondary N) is 3. The van der Waals surface area contributed by atoms with Gasteiger partial charge in [-0.1, -0.05) is 13.8 Å². The van der Waals surface area contributed by atoms with Crippen LogP contribution in [0, 0.1) is 11.8 Å². The zero-order chi connectivity index (χ0) is 16.7. The minimum absolute atomic E-state index is 0.0404. The van der Waals surface area contributed by atoms with Crippen LogP contribution in [0.5, 0.6) is 0 Å². The van der Waals surface area contributed by atoms with Crippen LogP contribution < -0.4 is 5.32 Å². The van der Waals surface area contributed by atoms with Gasteiger partial charge in [-0.2, -0.15) is 0 Å². The topological polar surface area (TPSA) is 86.5 Å². The molecule has 126 valence electrons. The molecule has 0 radical (unpaired) electrons. The number of rotatable bonds is 3. The molecule has 24 heavy (non-hydrogen) atoms. The molecule has 1 amide bonds. The number of carbonyl (C=O) groups is 1. The summed E-state index contributed by atoms with van der Waals surface area (Å²) in [6, 6.07) is 2.26. The Morgan fingerprint density at radius 3 is 2.88 bits per heavy atom. The Kier molecular flexibility index (Phi) is 3.75. The number of amides is 1. The normalized spacial score (nSPS) is 24.5. The van der Waals surface area contributed by atoms with Crippen molar-refractivity contribution in [3.05, 3.63) is 24.3 Å². The SMILES string of the molecule is CC1CC(C)CC(NC(=O)Cc2nc3cnc4[nH]ccc4c3[nH]2)C1. The third kappa shape index (κ3) is 2.88. The third-order valence-corrected chi connectivity index (χ3v) is 4.96. The first-order valence-corrected chi connectivity index (χ1v) is 8.68. The molecule has 1 aliphatic rings. The fraction of sp³-hybridized carbons (Fsp3) is 0.500. The molecule has 2 unspecified atom stereocenters. The molecule has 1 aliphatic carbocycles. The van der Waals surface area contributed by atoms with Gasteiger partial charge in [0.25, 0.3) is 0 Å². The van der Waals surface area contributed by atoms with Gasteiger partial charge in [-0.15, -0.1) is 0 Å². The Labute approximate surface area is 140 Å². The summed E-state index contributed by atoms with van der Waals surface area (Å²) in [7, 11) is 0. The highest BCUT2D eigenvalue weighted by atomic mass is 16.1. The minimum Gasteiger partial charge on any atom is -0.353 e. The smallest absolute Gasteiger partial charge is 0.227 e. The highest BCUT2D eigenvalue weighted by Gasteiger charge is 2.25. The van der Waals surface area contributed by atoms with Gasteiger partial charge < -0.3 is 15.3 Å². The molecule has 0 saturated heterocycles. The predicted molar refractivity (Wildman–Crippen MR) is 93.6 cm³/mol. The number of hydrogen-bond donors (Lipinski definition) is 3. The number of aromatic nitrogens is 4. The molecule has 0 aromatic carbocycles. The first-order valence-electron chi connectivity index (χ1n) is 8.68. The Hall–Kier alpha value is -2.37. The molecule has 0 bridgehead atoms. The van der Waals surface area contributed by atoms with Crippen LogP contribution in [0.4, 0.5) is 0 Å². The van der Waals surface area contributed by atoms with E-state index < -0.39 is 0 Å². The second kappa shape index (κ2) is 5.92. The Balaban J connectivity index is 1.48. The molecule has 6 nitrogen and oxygen atoms in total. The van der Waals surface area contributed by atoms with E-state index in [1.165, 1.54) is 6.42 Å². The molecule has 6 heteroatoms. The Bertz CT molecular complexity index is 870. The molecule has 0 aliphatic heterocycles. The minimum atomic E-state index is 0.0404. The molecule has 3 aromatic rings. The molecule has 1 fully saturated rings. The summed E-state index contributed by atoms with van der Waals surface area (Å²) < 4.78 is 0. The van der Waals surface area contributed by atoms with Crippen molar-refractivity contribution in [2.45, 2.75) is 45.6 Å². The van der Waals surface area contributed by atoms with Crippen molar-refractivity contribution >= 4 is 28.0 Å². The fourth-order valence-corrected chi connectivity index (χ4v) is 4.11. The summed E-state index contributed by atoms with van der Waals surface area (Å²) in [4.78, 5) is 27.6. The molecule has 4 rings (SSSR count). The summed E-state index contributed by atoms with van der Waals surface area (Å²) in [5.41, 5.74) is 2.56. The van der Waals surface area contributed by atoms with Gasteiger partial charge in [0.05, 0.1) is 18.1 Å². The van der Waals surface area contributed by atoms with E-state index in [0.717, 1.165) is 34.9 Å². The number of fused-ring (bicyclic) bond motifs is 3. The van der Waals surface area contributed by atoms with Crippen molar-refractivity contribution in [3.63, 3.8) is 0 Å². The van der Waals surface area contributed by atoms with Crippen LogP contribution in [0.15, 0.2) is 18.5 Å². The van der Waals surface area contributed by atoms with Gasteiger partial charge in [-0.25, -0.2) is 9.97 Å². The number of aromatic amines is 2. The van der Waals surface area contributed by atoms with E-state index in [2.05, 4.69) is 39.1 Å². The van der Waals surface area contributed by atoms with E-state index in [-0.39, 0.29) is 12.3 Å². The van der Waals surface area contributed by atoms with Crippen molar-refractivity contribution in [2.24, 2.45) is 11.8 Å². The van der Waals surface area contributed by atoms with Crippen LogP contribution in [-0.4, -0.2) is 31.9 Å². The van der Waals surface area contributed by atoms with E-state index in [1.54, 1.807) is 6.20 Å². The monoisotopic (exact) mass is 325 g/mol. The number of imidazole rings is 1. The van der Waals surface area contributed by atoms with Crippen LogP contribution in [-0.2, 0) is 11.2 Å². The Morgan fingerprint density at radius 2 is 2.08 bits per heavy atom. The zero-order valence-corrected chi connectivity index (χ0v) is 14.1. The summed E-state index contributed by atoms with van der Waals surface area (Å²) in [5, 5.41) is 4.19. The van der Waals surface area contributed by atoms with Crippen LogP contribution in [0.25, 0.3) is 22.1 Å². The second-order valence-electron chi connectivity index (χ2n) is 7.30. The highest BCUT2D eigenvalue weighted by molar-refractivity contribution is 6.00. The number of pyridine rings is 1. The quantitative estimate of drug-likeness (QED) is 0.692. The van der Waals surface area contributed by atoms with E-state index in [0.29, 0.717) is 23.7 Å². The summed E-state index contributed by atoms with van der Waals surface area (Å²) in [6.07, 6.45) is 7.27. The average molecular weight is 325 g/mol. The number of carbonyl (C=O) groups excluding carboxylic acids is 1. The molecule has 3 N–H and O–H groups in total. The van der Waals surface area contributed by atoms with Crippen molar-refractivity contribution < 1.29 is 4.79 Å². The standard InChI is InChI=1S/C18H23N5O/c1-10-5-11(2)7-12(6-10)21-16(24)8-15-22-14-9-20-18-13(3-4-19-18)17(14)23-15/h3-4,9-12H,5-8H2,1-2H3,(H,19,20)(H,21,24)(H,22,23). The van der Waals surface area contributed by atoms with E-state index in [9.17, 15) is 4.79 Å². The number of H-pyrrole nitrogens is 2. The number of nitrogens with zero attached hydrogens (tertiary/aromatic N) is 2. The lowest BCUT2D eigenvalue weighted by atomic mass is 9.80. The summed E-state index contributed by atoms with van der Waals surface area (Å²) in [6.45, 7) is 4.53. The van der Waals surface area contributed by atoms with Crippen LogP contribution in [0.1, 0.15) is 38.9 Å². The molecule has 3 aromatic heterocycles. The van der Waals surface area contributed by atoms with Gasteiger partial charge in [0.2, 0.25) is 5.91 Å². The maximum Gasteiger partial charge on any atom is 0.227 e. The van der Waals surface area contributed by atoms with Crippen LogP contribution >= 0.6 is 0 Å². The van der Waals surface area contributed by atoms with E-state index >= 15 is 0 Å². The molecule has 2 atom stereocenters. The maximum atomic E-state index is 12.4. The van der Waals surface area contributed by atoms with Crippen LogP contribution in [0.3, 0.4) is 0 Å². The fourth-order valence-electron chi connectivity index (χ4n) is 4.11. The van der Waals surface area contributed by atoms with Crippen molar-refractivity contribution in [1.29, 1.82) is 0 Å². The van der Waals surface area contributed by atoms with E-state index in [1.807, 2.05) is 12.3 Å².